The Labute approximate surface area is 106 Å². The summed E-state index contributed by atoms with van der Waals surface area (Å²) in [5.74, 6) is -1.38. The molecule has 18 heavy (non-hydrogen) atoms. The van der Waals surface area contributed by atoms with Crippen LogP contribution < -0.4 is 10.6 Å². The van der Waals surface area contributed by atoms with E-state index in [-0.39, 0.29) is 12.3 Å². The summed E-state index contributed by atoms with van der Waals surface area (Å²) in [5, 5.41) is 14.7. The molecule has 0 spiro atoms. The van der Waals surface area contributed by atoms with Crippen molar-refractivity contribution in [2.75, 3.05) is 11.9 Å². The van der Waals surface area contributed by atoms with Crippen molar-refractivity contribution in [3.8, 4) is 0 Å². The van der Waals surface area contributed by atoms with E-state index in [1.807, 2.05) is 31.2 Å². The van der Waals surface area contributed by atoms with Crippen LogP contribution in [0.15, 0.2) is 24.3 Å². The highest BCUT2D eigenvalue weighted by molar-refractivity contribution is 5.82. The average Bonchev–Trinajstić information content (AvgIpc) is 2.30. The molecule has 1 aromatic carbocycles. The molecule has 1 aromatic rings. The molecule has 0 aromatic heterocycles. The molecule has 0 fully saturated rings. The van der Waals surface area contributed by atoms with E-state index in [4.69, 9.17) is 5.11 Å². The number of carbonyl (C=O) groups excluding carboxylic acids is 1. The zero-order valence-electron chi connectivity index (χ0n) is 10.6. The summed E-state index contributed by atoms with van der Waals surface area (Å²) in [4.78, 5) is 22.0. The van der Waals surface area contributed by atoms with Gasteiger partial charge in [0.05, 0.1) is 0 Å². The second kappa shape index (κ2) is 6.64. The molecule has 0 saturated heterocycles. The number of carbonyl (C=O) groups is 2. The fourth-order valence-electron chi connectivity index (χ4n) is 1.73. The summed E-state index contributed by atoms with van der Waals surface area (Å²) in [6, 6.07) is 6.59. The molecule has 0 saturated carbocycles. The third-order valence-corrected chi connectivity index (χ3v) is 2.48. The van der Waals surface area contributed by atoms with Gasteiger partial charge in [0.15, 0.2) is 0 Å². The molecule has 5 heteroatoms. The summed E-state index contributed by atoms with van der Waals surface area (Å²) in [7, 11) is 0. The molecule has 1 rings (SSSR count). The monoisotopic (exact) mass is 250 g/mol. The standard InChI is InChI=1S/C13H18N2O3/c1-3-14-11-7-5-4-6-10(11)8-12(13(17)18)15-9(2)16/h4-7,12,14H,3,8H2,1-2H3,(H,15,16)(H,17,18). The second-order valence-corrected chi connectivity index (χ2v) is 3.98. The number of hydrogen-bond donors (Lipinski definition) is 3. The van der Waals surface area contributed by atoms with E-state index in [1.54, 1.807) is 0 Å². The topological polar surface area (TPSA) is 78.4 Å². The van der Waals surface area contributed by atoms with E-state index in [1.165, 1.54) is 6.92 Å². The van der Waals surface area contributed by atoms with Crippen molar-refractivity contribution < 1.29 is 14.7 Å². The fourth-order valence-corrected chi connectivity index (χ4v) is 1.73. The van der Waals surface area contributed by atoms with Gasteiger partial charge in [-0.05, 0) is 18.6 Å². The Balaban J connectivity index is 2.86. The van der Waals surface area contributed by atoms with Crippen molar-refractivity contribution in [2.24, 2.45) is 0 Å². The van der Waals surface area contributed by atoms with E-state index in [2.05, 4.69) is 10.6 Å². The molecule has 1 unspecified atom stereocenters. The number of carboxylic acids is 1. The quantitative estimate of drug-likeness (QED) is 0.710. The Kier molecular flexibility index (Phi) is 5.17. The SMILES string of the molecule is CCNc1ccccc1CC(NC(C)=O)C(=O)O. The Morgan fingerprint density at radius 3 is 2.56 bits per heavy atom. The molecule has 0 aliphatic rings. The number of carboxylic acid groups (broad SMARTS) is 1. The van der Waals surface area contributed by atoms with Crippen LogP contribution in [0.3, 0.4) is 0 Å². The minimum Gasteiger partial charge on any atom is -0.480 e. The van der Waals surface area contributed by atoms with Gasteiger partial charge in [0, 0.05) is 25.6 Å². The maximum absolute atomic E-state index is 11.1. The third-order valence-electron chi connectivity index (χ3n) is 2.48. The van der Waals surface area contributed by atoms with Crippen LogP contribution in [0.5, 0.6) is 0 Å². The van der Waals surface area contributed by atoms with Gasteiger partial charge in [0.1, 0.15) is 6.04 Å². The van der Waals surface area contributed by atoms with Gasteiger partial charge in [0.25, 0.3) is 0 Å². The second-order valence-electron chi connectivity index (χ2n) is 3.98. The van der Waals surface area contributed by atoms with Crippen LogP contribution in [0.25, 0.3) is 0 Å². The molecular weight excluding hydrogens is 232 g/mol. The van der Waals surface area contributed by atoms with Gasteiger partial charge in [-0.2, -0.15) is 0 Å². The van der Waals surface area contributed by atoms with Gasteiger partial charge >= 0.3 is 5.97 Å². The first-order valence-corrected chi connectivity index (χ1v) is 5.86. The number of aliphatic carboxylic acids is 1. The number of benzene rings is 1. The highest BCUT2D eigenvalue weighted by Crippen LogP contribution is 2.16. The smallest absolute Gasteiger partial charge is 0.326 e. The summed E-state index contributed by atoms with van der Waals surface area (Å²) in [6.07, 6.45) is 0.262. The van der Waals surface area contributed by atoms with E-state index >= 15 is 0 Å². The van der Waals surface area contributed by atoms with Crippen molar-refractivity contribution in [2.45, 2.75) is 26.3 Å². The molecule has 0 aliphatic carbocycles. The van der Waals surface area contributed by atoms with Crippen LogP contribution in [0.1, 0.15) is 19.4 Å². The molecular formula is C13H18N2O3. The van der Waals surface area contributed by atoms with E-state index in [0.29, 0.717) is 0 Å². The van der Waals surface area contributed by atoms with Gasteiger partial charge in [-0.3, -0.25) is 4.79 Å². The fraction of sp³-hybridized carbons (Fsp3) is 0.385. The summed E-state index contributed by atoms with van der Waals surface area (Å²) < 4.78 is 0. The zero-order valence-corrected chi connectivity index (χ0v) is 10.6. The minimum absolute atomic E-state index is 0.262. The van der Waals surface area contributed by atoms with E-state index in [0.717, 1.165) is 17.8 Å². The molecule has 1 amide bonds. The number of rotatable bonds is 6. The number of hydrogen-bond acceptors (Lipinski definition) is 3. The van der Waals surface area contributed by atoms with Crippen LogP contribution in [-0.4, -0.2) is 29.6 Å². The van der Waals surface area contributed by atoms with Crippen molar-refractivity contribution in [3.63, 3.8) is 0 Å². The van der Waals surface area contributed by atoms with Crippen molar-refractivity contribution in [1.29, 1.82) is 0 Å². The Bertz CT molecular complexity index is 432. The largest absolute Gasteiger partial charge is 0.480 e. The summed E-state index contributed by atoms with van der Waals surface area (Å²) >= 11 is 0. The molecule has 3 N–H and O–H groups in total. The summed E-state index contributed by atoms with van der Waals surface area (Å²) in [5.41, 5.74) is 1.78. The molecule has 0 bridgehead atoms. The minimum atomic E-state index is -1.03. The number of nitrogens with one attached hydrogen (secondary N) is 2. The van der Waals surface area contributed by atoms with Crippen LogP contribution in [0.2, 0.25) is 0 Å². The maximum atomic E-state index is 11.1. The predicted molar refractivity (Wildman–Crippen MR) is 69.6 cm³/mol. The highest BCUT2D eigenvalue weighted by atomic mass is 16.4. The van der Waals surface area contributed by atoms with Crippen molar-refractivity contribution in [3.05, 3.63) is 29.8 Å². The lowest BCUT2D eigenvalue weighted by Crippen LogP contribution is -2.41. The third kappa shape index (κ3) is 4.08. The summed E-state index contributed by atoms with van der Waals surface area (Å²) in [6.45, 7) is 4.04. The lowest BCUT2D eigenvalue weighted by atomic mass is 10.0. The first kappa shape index (κ1) is 14.0. The molecule has 5 nitrogen and oxygen atoms in total. The Morgan fingerprint density at radius 1 is 1.33 bits per heavy atom. The molecule has 0 aliphatic heterocycles. The lowest BCUT2D eigenvalue weighted by Gasteiger charge is -2.16. The first-order valence-electron chi connectivity index (χ1n) is 5.86. The molecule has 98 valence electrons. The van der Waals surface area contributed by atoms with E-state index in [9.17, 15) is 9.59 Å². The number of anilines is 1. The van der Waals surface area contributed by atoms with Gasteiger partial charge in [0.2, 0.25) is 5.91 Å². The lowest BCUT2D eigenvalue weighted by molar-refractivity contribution is -0.141. The van der Waals surface area contributed by atoms with Gasteiger partial charge in [-0.25, -0.2) is 4.79 Å². The average molecular weight is 250 g/mol. The molecule has 0 radical (unpaired) electrons. The van der Waals surface area contributed by atoms with Crippen molar-refractivity contribution in [1.82, 2.24) is 5.32 Å². The number of para-hydroxylation sites is 1. The van der Waals surface area contributed by atoms with E-state index < -0.39 is 12.0 Å². The zero-order chi connectivity index (χ0) is 13.5. The predicted octanol–water partition coefficient (Wildman–Crippen LogP) is 1.25. The molecule has 1 atom stereocenters. The van der Waals surface area contributed by atoms with Crippen LogP contribution in [0.4, 0.5) is 5.69 Å². The highest BCUT2D eigenvalue weighted by Gasteiger charge is 2.19. The Morgan fingerprint density at radius 2 is 2.00 bits per heavy atom. The van der Waals surface area contributed by atoms with Crippen LogP contribution >= 0.6 is 0 Å². The Hall–Kier alpha value is -2.04. The van der Waals surface area contributed by atoms with Gasteiger partial charge in [-0.1, -0.05) is 18.2 Å². The van der Waals surface area contributed by atoms with Gasteiger partial charge < -0.3 is 15.7 Å². The number of amides is 1. The van der Waals surface area contributed by atoms with Crippen LogP contribution in [0, 0.1) is 0 Å². The maximum Gasteiger partial charge on any atom is 0.326 e. The van der Waals surface area contributed by atoms with Crippen LogP contribution in [-0.2, 0) is 16.0 Å². The normalized spacial score (nSPS) is 11.7. The first-order chi connectivity index (χ1) is 8.54. The van der Waals surface area contributed by atoms with Gasteiger partial charge in [-0.15, -0.1) is 0 Å². The molecule has 0 heterocycles. The van der Waals surface area contributed by atoms with Crippen molar-refractivity contribution >= 4 is 17.6 Å².